The Labute approximate surface area is 131 Å². The van der Waals surface area contributed by atoms with Gasteiger partial charge in [-0.3, -0.25) is 4.79 Å². The fraction of sp³-hybridized carbons (Fsp3) is 0.471. The first-order valence-electron chi connectivity index (χ1n) is 7.27. The maximum atomic E-state index is 12.1. The van der Waals surface area contributed by atoms with E-state index in [1.807, 2.05) is 52.8 Å². The summed E-state index contributed by atoms with van der Waals surface area (Å²) in [4.78, 5) is 20.7. The first-order chi connectivity index (χ1) is 10.2. The van der Waals surface area contributed by atoms with Crippen LogP contribution in [-0.4, -0.2) is 28.6 Å². The molecule has 2 rings (SSSR count). The molecule has 0 saturated carbocycles. The summed E-state index contributed by atoms with van der Waals surface area (Å²) >= 11 is 0. The lowest BCUT2D eigenvalue weighted by Crippen LogP contribution is -2.51. The van der Waals surface area contributed by atoms with Crippen LogP contribution in [0.4, 0.5) is 5.82 Å². The maximum Gasteiger partial charge on any atom is 0.313 e. The fourth-order valence-electron chi connectivity index (χ4n) is 2.23. The summed E-state index contributed by atoms with van der Waals surface area (Å²) < 4.78 is 4.93. The lowest BCUT2D eigenvalue weighted by molar-refractivity contribution is -0.153. The Hall–Kier alpha value is -2.17. The van der Waals surface area contributed by atoms with Gasteiger partial charge in [-0.05, 0) is 46.8 Å². The third kappa shape index (κ3) is 2.75. The van der Waals surface area contributed by atoms with E-state index in [2.05, 4.69) is 15.3 Å². The van der Waals surface area contributed by atoms with Gasteiger partial charge in [-0.25, -0.2) is 9.97 Å². The van der Waals surface area contributed by atoms with Crippen molar-refractivity contribution in [2.24, 2.45) is 5.41 Å². The highest BCUT2D eigenvalue weighted by atomic mass is 16.5. The number of methoxy groups -OCH3 is 1. The van der Waals surface area contributed by atoms with E-state index < -0.39 is 11.0 Å². The predicted octanol–water partition coefficient (Wildman–Crippen LogP) is 3.33. The van der Waals surface area contributed by atoms with Crippen LogP contribution in [0.5, 0.6) is 0 Å². The van der Waals surface area contributed by atoms with Crippen LogP contribution >= 0.6 is 0 Å². The largest absolute Gasteiger partial charge is 0.469 e. The van der Waals surface area contributed by atoms with Crippen molar-refractivity contribution in [3.63, 3.8) is 0 Å². The van der Waals surface area contributed by atoms with Crippen LogP contribution in [-0.2, 0) is 9.53 Å². The molecule has 0 unspecified atom stereocenters. The number of hydrogen-bond donors (Lipinski definition) is 1. The highest BCUT2D eigenvalue weighted by molar-refractivity contribution is 5.90. The van der Waals surface area contributed by atoms with Crippen molar-refractivity contribution in [2.75, 3.05) is 12.4 Å². The molecule has 0 saturated heterocycles. The zero-order valence-corrected chi connectivity index (χ0v) is 14.0. The molecule has 2 aromatic rings. The fourth-order valence-corrected chi connectivity index (χ4v) is 2.23. The molecule has 0 aliphatic carbocycles. The molecule has 1 heterocycles. The molecule has 0 fully saturated rings. The Morgan fingerprint density at radius 3 is 2.50 bits per heavy atom. The first kappa shape index (κ1) is 16.2. The van der Waals surface area contributed by atoms with Gasteiger partial charge in [0.2, 0.25) is 0 Å². The summed E-state index contributed by atoms with van der Waals surface area (Å²) in [6, 6.07) is 6.03. The van der Waals surface area contributed by atoms with Crippen LogP contribution in [0.15, 0.2) is 24.5 Å². The van der Waals surface area contributed by atoms with Gasteiger partial charge in [-0.2, -0.15) is 0 Å². The van der Waals surface area contributed by atoms with E-state index in [1.54, 1.807) is 0 Å². The van der Waals surface area contributed by atoms with Crippen LogP contribution in [0, 0.1) is 12.3 Å². The number of fused-ring (bicyclic) bond motifs is 1. The van der Waals surface area contributed by atoms with Crippen LogP contribution in [0.25, 0.3) is 10.9 Å². The summed E-state index contributed by atoms with van der Waals surface area (Å²) in [6.07, 6.45) is 1.53. The number of nitrogens with one attached hydrogen (secondary N) is 1. The number of rotatable bonds is 4. The minimum Gasteiger partial charge on any atom is -0.469 e. The van der Waals surface area contributed by atoms with Gasteiger partial charge in [-0.1, -0.05) is 11.6 Å². The zero-order valence-electron chi connectivity index (χ0n) is 14.0. The van der Waals surface area contributed by atoms with Gasteiger partial charge in [0.1, 0.15) is 12.1 Å². The third-order valence-electron chi connectivity index (χ3n) is 4.48. The third-order valence-corrected chi connectivity index (χ3v) is 4.48. The molecule has 118 valence electrons. The highest BCUT2D eigenvalue weighted by Crippen LogP contribution is 2.35. The van der Waals surface area contributed by atoms with Crippen molar-refractivity contribution in [3.8, 4) is 0 Å². The lowest BCUT2D eigenvalue weighted by Gasteiger charge is -2.40. The van der Waals surface area contributed by atoms with Gasteiger partial charge in [-0.15, -0.1) is 0 Å². The molecule has 0 amide bonds. The Morgan fingerprint density at radius 1 is 1.18 bits per heavy atom. The summed E-state index contributed by atoms with van der Waals surface area (Å²) in [7, 11) is 1.41. The minimum atomic E-state index is -0.719. The summed E-state index contributed by atoms with van der Waals surface area (Å²) in [6.45, 7) is 9.68. The number of carbonyl (C=O) groups excluding carboxylic acids is 1. The number of nitrogens with zero attached hydrogens (tertiary/aromatic N) is 2. The van der Waals surface area contributed by atoms with Gasteiger partial charge in [0.25, 0.3) is 0 Å². The SMILES string of the molecule is COC(=O)C(C)(C)C(C)(C)Nc1ncnc2ccc(C)cc12. The summed E-state index contributed by atoms with van der Waals surface area (Å²) in [5, 5.41) is 4.33. The monoisotopic (exact) mass is 301 g/mol. The van der Waals surface area contributed by atoms with Crippen molar-refractivity contribution in [1.29, 1.82) is 0 Å². The van der Waals surface area contributed by atoms with Crippen LogP contribution in [0.2, 0.25) is 0 Å². The number of carbonyl (C=O) groups is 1. The number of anilines is 1. The second-order valence-corrected chi connectivity index (χ2v) is 6.61. The molecular weight excluding hydrogens is 278 g/mol. The molecule has 5 nitrogen and oxygen atoms in total. The van der Waals surface area contributed by atoms with E-state index in [4.69, 9.17) is 4.74 Å². The van der Waals surface area contributed by atoms with Gasteiger partial charge < -0.3 is 10.1 Å². The Balaban J connectivity index is 2.46. The van der Waals surface area contributed by atoms with Gasteiger partial charge >= 0.3 is 5.97 Å². The first-order valence-corrected chi connectivity index (χ1v) is 7.27. The molecule has 1 aromatic carbocycles. The van der Waals surface area contributed by atoms with E-state index in [0.29, 0.717) is 0 Å². The summed E-state index contributed by atoms with van der Waals surface area (Å²) in [5.74, 6) is 0.454. The quantitative estimate of drug-likeness (QED) is 0.878. The van der Waals surface area contributed by atoms with Crippen LogP contribution in [0.1, 0.15) is 33.3 Å². The molecule has 5 heteroatoms. The van der Waals surface area contributed by atoms with Crippen LogP contribution in [0.3, 0.4) is 0 Å². The zero-order chi connectivity index (χ0) is 16.5. The highest BCUT2D eigenvalue weighted by Gasteiger charge is 2.44. The molecule has 0 aliphatic heterocycles. The Kier molecular flexibility index (Phi) is 4.09. The molecule has 0 aliphatic rings. The number of esters is 1. The minimum absolute atomic E-state index is 0.264. The number of aryl methyl sites for hydroxylation is 1. The molecule has 1 aromatic heterocycles. The van der Waals surface area contributed by atoms with Crippen molar-refractivity contribution in [1.82, 2.24) is 9.97 Å². The standard InChI is InChI=1S/C17H23N3O2/c1-11-7-8-13-12(9-11)14(19-10-18-13)20-17(4,5)16(2,3)15(21)22-6/h7-10H,1-6H3,(H,18,19,20). The molecular formula is C17H23N3O2. The maximum absolute atomic E-state index is 12.1. The number of aromatic nitrogens is 2. The van der Waals surface area contributed by atoms with Crippen molar-refractivity contribution in [2.45, 2.75) is 40.2 Å². The van der Waals surface area contributed by atoms with Gasteiger partial charge in [0.05, 0.1) is 18.0 Å². The van der Waals surface area contributed by atoms with Crippen molar-refractivity contribution < 1.29 is 9.53 Å². The normalized spacial score (nSPS) is 12.3. The molecule has 0 bridgehead atoms. The topological polar surface area (TPSA) is 64.1 Å². The average Bonchev–Trinajstić information content (AvgIpc) is 2.46. The smallest absolute Gasteiger partial charge is 0.313 e. The van der Waals surface area contributed by atoms with Crippen LogP contribution < -0.4 is 5.32 Å². The molecule has 1 N–H and O–H groups in total. The second kappa shape index (κ2) is 5.55. The second-order valence-electron chi connectivity index (χ2n) is 6.61. The number of benzene rings is 1. The van der Waals surface area contributed by atoms with Gasteiger partial charge in [0, 0.05) is 10.9 Å². The Bertz CT molecular complexity index is 708. The molecule has 0 radical (unpaired) electrons. The van der Waals surface area contributed by atoms with E-state index in [9.17, 15) is 4.79 Å². The summed E-state index contributed by atoms with van der Waals surface area (Å²) in [5.41, 5.74) is 0.735. The molecule has 0 spiro atoms. The Morgan fingerprint density at radius 2 is 1.86 bits per heavy atom. The number of ether oxygens (including phenoxy) is 1. The van der Waals surface area contributed by atoms with E-state index in [0.717, 1.165) is 22.3 Å². The lowest BCUT2D eigenvalue weighted by atomic mass is 9.74. The molecule has 0 atom stereocenters. The average molecular weight is 301 g/mol. The van der Waals surface area contributed by atoms with Gasteiger partial charge in [0.15, 0.2) is 0 Å². The van der Waals surface area contributed by atoms with E-state index >= 15 is 0 Å². The van der Waals surface area contributed by atoms with Crippen molar-refractivity contribution in [3.05, 3.63) is 30.1 Å². The van der Waals surface area contributed by atoms with Crippen molar-refractivity contribution >= 4 is 22.7 Å². The van der Waals surface area contributed by atoms with E-state index in [-0.39, 0.29) is 5.97 Å². The van der Waals surface area contributed by atoms with E-state index in [1.165, 1.54) is 13.4 Å². The number of hydrogen-bond acceptors (Lipinski definition) is 5. The predicted molar refractivity (Wildman–Crippen MR) is 87.8 cm³/mol. The molecule has 22 heavy (non-hydrogen) atoms.